The Balaban J connectivity index is 2.06. The van der Waals surface area contributed by atoms with Gasteiger partial charge in [-0.15, -0.1) is 0 Å². The van der Waals surface area contributed by atoms with Gasteiger partial charge in [0.25, 0.3) is 0 Å². The molecule has 0 saturated carbocycles. The summed E-state index contributed by atoms with van der Waals surface area (Å²) in [6.45, 7) is 4.80. The molecule has 0 bridgehead atoms. The van der Waals surface area contributed by atoms with Crippen molar-refractivity contribution in [1.29, 1.82) is 0 Å². The number of benzene rings is 1. The van der Waals surface area contributed by atoms with Crippen molar-refractivity contribution in [2.75, 3.05) is 0 Å². The highest BCUT2D eigenvalue weighted by Crippen LogP contribution is 2.11. The molecule has 0 N–H and O–H groups in total. The molecule has 19 heavy (non-hydrogen) atoms. The van der Waals surface area contributed by atoms with E-state index in [0.29, 0.717) is 6.42 Å². The highest BCUT2D eigenvalue weighted by atomic mass is 16.1. The van der Waals surface area contributed by atoms with E-state index in [1.807, 2.05) is 24.5 Å². The van der Waals surface area contributed by atoms with E-state index < -0.39 is 0 Å². The molecule has 2 rings (SSSR count). The average molecular weight is 256 g/mol. The Morgan fingerprint density at radius 2 is 1.89 bits per heavy atom. The Kier molecular flexibility index (Phi) is 4.50. The van der Waals surface area contributed by atoms with Gasteiger partial charge in [-0.3, -0.25) is 4.79 Å². The second-order valence-corrected chi connectivity index (χ2v) is 4.91. The predicted octanol–water partition coefficient (Wildman–Crippen LogP) is 3.02. The number of rotatable bonds is 6. The first-order chi connectivity index (χ1) is 9.19. The van der Waals surface area contributed by atoms with Gasteiger partial charge in [0.15, 0.2) is 0 Å². The molecule has 0 saturated heterocycles. The Hall–Kier alpha value is -1.90. The van der Waals surface area contributed by atoms with Crippen molar-refractivity contribution < 1.29 is 4.79 Å². The van der Waals surface area contributed by atoms with Crippen molar-refractivity contribution in [2.45, 2.75) is 39.7 Å². The van der Waals surface area contributed by atoms with E-state index in [-0.39, 0.29) is 5.78 Å². The summed E-state index contributed by atoms with van der Waals surface area (Å²) >= 11 is 0. The predicted molar refractivity (Wildman–Crippen MR) is 76.2 cm³/mol. The van der Waals surface area contributed by atoms with Crippen molar-refractivity contribution in [3.63, 3.8) is 0 Å². The minimum atomic E-state index is 0.200. The Morgan fingerprint density at radius 3 is 2.53 bits per heavy atom. The molecule has 0 radical (unpaired) electrons. The number of hydrogen-bond acceptors (Lipinski definition) is 2. The zero-order chi connectivity index (χ0) is 13.7. The van der Waals surface area contributed by atoms with Crippen LogP contribution in [0, 0.1) is 0 Å². The lowest BCUT2D eigenvalue weighted by Crippen LogP contribution is -2.03. The molecule has 1 aromatic heterocycles. The quantitative estimate of drug-likeness (QED) is 0.796. The third-order valence-electron chi connectivity index (χ3n) is 3.10. The molecule has 0 spiro atoms. The van der Waals surface area contributed by atoms with Crippen molar-refractivity contribution in [3.05, 3.63) is 53.6 Å². The first-order valence-electron chi connectivity index (χ1n) is 6.76. The van der Waals surface area contributed by atoms with E-state index in [1.165, 1.54) is 5.56 Å². The second-order valence-electron chi connectivity index (χ2n) is 4.91. The van der Waals surface area contributed by atoms with E-state index in [1.54, 1.807) is 6.92 Å². The maximum atomic E-state index is 11.1. The summed E-state index contributed by atoms with van der Waals surface area (Å²) in [5.74, 6) is 1.30. The molecular formula is C16H20N2O. The lowest BCUT2D eigenvalue weighted by atomic mass is 10.1. The van der Waals surface area contributed by atoms with Crippen LogP contribution in [0.4, 0.5) is 0 Å². The van der Waals surface area contributed by atoms with Gasteiger partial charge in [0.2, 0.25) is 0 Å². The van der Waals surface area contributed by atoms with E-state index in [0.717, 1.165) is 30.8 Å². The molecule has 0 fully saturated rings. The first kappa shape index (κ1) is 13.5. The third kappa shape index (κ3) is 3.78. The lowest BCUT2D eigenvalue weighted by Gasteiger charge is -2.07. The number of carbonyl (C=O) groups excluding carboxylic acids is 1. The number of nitrogens with zero attached hydrogens (tertiary/aromatic N) is 2. The van der Waals surface area contributed by atoms with Crippen LogP contribution in [0.25, 0.3) is 0 Å². The van der Waals surface area contributed by atoms with Crippen LogP contribution in [-0.4, -0.2) is 15.3 Å². The lowest BCUT2D eigenvalue weighted by molar-refractivity contribution is -0.116. The van der Waals surface area contributed by atoms with Crippen molar-refractivity contribution in [2.24, 2.45) is 0 Å². The van der Waals surface area contributed by atoms with Crippen LogP contribution in [0.5, 0.6) is 0 Å². The fraction of sp³-hybridized carbons (Fsp3) is 0.375. The largest absolute Gasteiger partial charge is 0.335 e. The summed E-state index contributed by atoms with van der Waals surface area (Å²) in [5.41, 5.74) is 2.31. The SMILES string of the molecule is CCCn1ccnc1Cc1ccc(CC(C)=O)cc1. The third-order valence-corrected chi connectivity index (χ3v) is 3.10. The van der Waals surface area contributed by atoms with Crippen LogP contribution >= 0.6 is 0 Å². The van der Waals surface area contributed by atoms with Gasteiger partial charge in [-0.05, 0) is 24.5 Å². The van der Waals surface area contributed by atoms with E-state index in [2.05, 4.69) is 28.6 Å². The molecule has 0 aliphatic heterocycles. The fourth-order valence-corrected chi connectivity index (χ4v) is 2.20. The molecule has 2 aromatic rings. The molecule has 3 nitrogen and oxygen atoms in total. The molecule has 0 aliphatic rings. The number of hydrogen-bond donors (Lipinski definition) is 0. The molecule has 0 aliphatic carbocycles. The van der Waals surface area contributed by atoms with Crippen molar-refractivity contribution in [3.8, 4) is 0 Å². The maximum absolute atomic E-state index is 11.1. The zero-order valence-corrected chi connectivity index (χ0v) is 11.6. The van der Waals surface area contributed by atoms with Crippen LogP contribution in [-0.2, 0) is 24.2 Å². The first-order valence-corrected chi connectivity index (χ1v) is 6.76. The standard InChI is InChI=1S/C16H20N2O/c1-3-9-18-10-8-17-16(18)12-15-6-4-14(5-7-15)11-13(2)19/h4-8,10H,3,9,11-12H2,1-2H3. The van der Waals surface area contributed by atoms with E-state index in [4.69, 9.17) is 0 Å². The van der Waals surface area contributed by atoms with Crippen LogP contribution in [0.2, 0.25) is 0 Å². The van der Waals surface area contributed by atoms with Gasteiger partial charge in [-0.25, -0.2) is 4.98 Å². The maximum Gasteiger partial charge on any atom is 0.134 e. The topological polar surface area (TPSA) is 34.9 Å². The number of aryl methyl sites for hydroxylation is 1. The normalized spacial score (nSPS) is 10.6. The number of Topliss-reactive ketones (excluding diaryl/α,β-unsaturated/α-hetero) is 1. The van der Waals surface area contributed by atoms with Crippen LogP contribution in [0.1, 0.15) is 37.2 Å². The van der Waals surface area contributed by atoms with Crippen LogP contribution in [0.3, 0.4) is 0 Å². The highest BCUT2D eigenvalue weighted by molar-refractivity contribution is 5.78. The number of aromatic nitrogens is 2. The summed E-state index contributed by atoms with van der Waals surface area (Å²) in [6.07, 6.45) is 6.36. The van der Waals surface area contributed by atoms with Crippen LogP contribution < -0.4 is 0 Å². The van der Waals surface area contributed by atoms with Gasteiger partial charge in [-0.2, -0.15) is 0 Å². The average Bonchev–Trinajstić information content (AvgIpc) is 2.79. The van der Waals surface area contributed by atoms with Gasteiger partial charge < -0.3 is 4.57 Å². The monoisotopic (exact) mass is 256 g/mol. The minimum Gasteiger partial charge on any atom is -0.335 e. The molecule has 1 heterocycles. The van der Waals surface area contributed by atoms with E-state index >= 15 is 0 Å². The summed E-state index contributed by atoms with van der Waals surface area (Å²) < 4.78 is 2.20. The molecule has 100 valence electrons. The molecule has 0 atom stereocenters. The summed E-state index contributed by atoms with van der Waals surface area (Å²) in [4.78, 5) is 15.5. The summed E-state index contributed by atoms with van der Waals surface area (Å²) in [7, 11) is 0. The minimum absolute atomic E-state index is 0.200. The van der Waals surface area contributed by atoms with Gasteiger partial charge in [0.1, 0.15) is 11.6 Å². The molecule has 1 aromatic carbocycles. The molecule has 0 amide bonds. The van der Waals surface area contributed by atoms with Crippen LogP contribution in [0.15, 0.2) is 36.7 Å². The molecular weight excluding hydrogens is 236 g/mol. The molecule has 3 heteroatoms. The summed E-state index contributed by atoms with van der Waals surface area (Å²) in [5, 5.41) is 0. The number of carbonyl (C=O) groups is 1. The van der Waals surface area contributed by atoms with Gasteiger partial charge in [-0.1, -0.05) is 31.2 Å². The Labute approximate surface area is 114 Å². The smallest absolute Gasteiger partial charge is 0.134 e. The van der Waals surface area contributed by atoms with Crippen molar-refractivity contribution in [1.82, 2.24) is 9.55 Å². The highest BCUT2D eigenvalue weighted by Gasteiger charge is 2.04. The molecule has 0 unspecified atom stereocenters. The number of imidazole rings is 1. The second kappa shape index (κ2) is 6.32. The van der Waals surface area contributed by atoms with E-state index in [9.17, 15) is 4.79 Å². The van der Waals surface area contributed by atoms with Gasteiger partial charge in [0.05, 0.1) is 0 Å². The van der Waals surface area contributed by atoms with Crippen molar-refractivity contribution >= 4 is 5.78 Å². The Morgan fingerprint density at radius 1 is 1.21 bits per heavy atom. The van der Waals surface area contributed by atoms with Gasteiger partial charge >= 0.3 is 0 Å². The summed E-state index contributed by atoms with van der Waals surface area (Å²) in [6, 6.07) is 8.24. The number of ketones is 1. The zero-order valence-electron chi connectivity index (χ0n) is 11.6. The fourth-order valence-electron chi connectivity index (χ4n) is 2.20. The Bertz CT molecular complexity index is 540. The van der Waals surface area contributed by atoms with Gasteiger partial charge in [0, 0.05) is 31.8 Å².